The van der Waals surface area contributed by atoms with Gasteiger partial charge in [0.2, 0.25) is 17.7 Å². The zero-order valence-corrected chi connectivity index (χ0v) is 11.7. The summed E-state index contributed by atoms with van der Waals surface area (Å²) in [5.41, 5.74) is 0.577. The number of guanidine groups is 1. The number of para-hydroxylation sites is 1. The molecule has 0 spiro atoms. The van der Waals surface area contributed by atoms with Crippen LogP contribution in [0.25, 0.3) is 0 Å². The second-order valence-corrected chi connectivity index (χ2v) is 4.50. The minimum atomic E-state index is -0.740. The van der Waals surface area contributed by atoms with Crippen LogP contribution in [0.1, 0.15) is 13.3 Å². The van der Waals surface area contributed by atoms with Crippen LogP contribution >= 0.6 is 0 Å². The Morgan fingerprint density at radius 3 is 2.68 bits per heavy atom. The van der Waals surface area contributed by atoms with Crippen molar-refractivity contribution in [3.8, 4) is 0 Å². The second kappa shape index (κ2) is 5.40. The minimum absolute atomic E-state index is 0.00416. The van der Waals surface area contributed by atoms with Crippen molar-refractivity contribution in [3.05, 3.63) is 30.3 Å². The van der Waals surface area contributed by atoms with Crippen molar-refractivity contribution in [2.75, 3.05) is 11.6 Å². The molecule has 0 radical (unpaired) electrons. The van der Waals surface area contributed by atoms with E-state index < -0.39 is 24.2 Å². The summed E-state index contributed by atoms with van der Waals surface area (Å²) in [7, 11) is 0. The molecule has 2 aliphatic heterocycles. The van der Waals surface area contributed by atoms with Gasteiger partial charge < -0.3 is 4.74 Å². The van der Waals surface area contributed by atoms with E-state index in [1.807, 2.05) is 6.07 Å². The molecule has 112 valence electrons. The van der Waals surface area contributed by atoms with E-state index >= 15 is 0 Å². The van der Waals surface area contributed by atoms with Crippen molar-refractivity contribution in [1.82, 2.24) is 4.90 Å². The summed E-state index contributed by atoms with van der Waals surface area (Å²) in [6.45, 7) is 1.80. The molecular formula is C14H12N4O4. The lowest BCUT2D eigenvalue weighted by atomic mass is 10.3. The number of esters is 1. The number of aliphatic imine (C=N–C) groups is 1. The highest BCUT2D eigenvalue weighted by molar-refractivity contribution is 6.46. The van der Waals surface area contributed by atoms with Gasteiger partial charge in [-0.05, 0) is 19.1 Å². The van der Waals surface area contributed by atoms with Crippen LogP contribution in [0.5, 0.6) is 0 Å². The summed E-state index contributed by atoms with van der Waals surface area (Å²) in [5.74, 6) is -2.06. The third-order valence-electron chi connectivity index (χ3n) is 3.03. The lowest BCUT2D eigenvalue weighted by Gasteiger charge is -2.23. The maximum absolute atomic E-state index is 12.1. The van der Waals surface area contributed by atoms with Gasteiger partial charge in [0.1, 0.15) is 6.42 Å². The zero-order chi connectivity index (χ0) is 15.7. The van der Waals surface area contributed by atoms with E-state index in [2.05, 4.69) is 10.1 Å². The van der Waals surface area contributed by atoms with Gasteiger partial charge in [-0.15, -0.1) is 5.10 Å². The first-order valence-corrected chi connectivity index (χ1v) is 6.67. The predicted octanol–water partition coefficient (Wildman–Crippen LogP) is 0.498. The highest BCUT2D eigenvalue weighted by Crippen LogP contribution is 2.24. The number of amidine groups is 1. The summed E-state index contributed by atoms with van der Waals surface area (Å²) in [5, 5.41) is 5.38. The highest BCUT2D eigenvalue weighted by Gasteiger charge is 2.44. The standard InChI is InChI=1S/C14H12N4O4/c1-2-22-13(21)12-16-18(9-6-4-3-5-7-9)14-15-10(19)8-11(20)17(12)14/h3-7H,2,8H2,1H3. The Hall–Kier alpha value is -3.03. The molecule has 0 bridgehead atoms. The van der Waals surface area contributed by atoms with E-state index in [0.29, 0.717) is 5.69 Å². The van der Waals surface area contributed by atoms with Crippen molar-refractivity contribution in [3.63, 3.8) is 0 Å². The molecule has 8 heteroatoms. The fourth-order valence-corrected chi connectivity index (χ4v) is 2.13. The Morgan fingerprint density at radius 2 is 2.00 bits per heavy atom. The number of benzene rings is 1. The Bertz CT molecular complexity index is 711. The van der Waals surface area contributed by atoms with E-state index in [1.54, 1.807) is 31.2 Å². The van der Waals surface area contributed by atoms with Gasteiger partial charge in [0.05, 0.1) is 12.3 Å². The average Bonchev–Trinajstić information content (AvgIpc) is 2.88. The van der Waals surface area contributed by atoms with Gasteiger partial charge in [-0.1, -0.05) is 18.2 Å². The van der Waals surface area contributed by atoms with Crippen LogP contribution in [-0.2, 0) is 19.1 Å². The minimum Gasteiger partial charge on any atom is -0.460 e. The molecule has 2 amide bonds. The summed E-state index contributed by atoms with van der Waals surface area (Å²) >= 11 is 0. The third-order valence-corrected chi connectivity index (χ3v) is 3.03. The largest absolute Gasteiger partial charge is 0.460 e. The second-order valence-electron chi connectivity index (χ2n) is 4.50. The molecule has 0 N–H and O–H groups in total. The quantitative estimate of drug-likeness (QED) is 0.598. The molecular weight excluding hydrogens is 288 g/mol. The molecule has 0 aromatic heterocycles. The Labute approximate surface area is 125 Å². The molecule has 8 nitrogen and oxygen atoms in total. The van der Waals surface area contributed by atoms with Crippen LogP contribution in [0.15, 0.2) is 40.4 Å². The monoisotopic (exact) mass is 300 g/mol. The topological polar surface area (TPSA) is 91.6 Å². The number of nitrogens with zero attached hydrogens (tertiary/aromatic N) is 4. The molecule has 1 aromatic rings. The van der Waals surface area contributed by atoms with Crippen LogP contribution in [0.3, 0.4) is 0 Å². The molecule has 0 unspecified atom stereocenters. The number of fused-ring (bicyclic) bond motifs is 1. The van der Waals surface area contributed by atoms with Crippen molar-refractivity contribution in [2.24, 2.45) is 10.1 Å². The van der Waals surface area contributed by atoms with Crippen LogP contribution in [0.4, 0.5) is 5.69 Å². The molecule has 2 aliphatic rings. The van der Waals surface area contributed by atoms with Gasteiger partial charge in [0.15, 0.2) is 0 Å². The van der Waals surface area contributed by atoms with Crippen LogP contribution in [-0.4, -0.2) is 41.1 Å². The number of ether oxygens (including phenoxy) is 1. The lowest BCUT2D eigenvalue weighted by Crippen LogP contribution is -2.48. The first-order valence-electron chi connectivity index (χ1n) is 6.67. The van der Waals surface area contributed by atoms with Gasteiger partial charge in [-0.25, -0.2) is 9.69 Å². The van der Waals surface area contributed by atoms with Gasteiger partial charge in [-0.3, -0.25) is 9.59 Å². The third kappa shape index (κ3) is 2.24. The molecule has 0 saturated heterocycles. The predicted molar refractivity (Wildman–Crippen MR) is 76.9 cm³/mol. The van der Waals surface area contributed by atoms with Gasteiger partial charge in [0.25, 0.3) is 5.91 Å². The summed E-state index contributed by atoms with van der Waals surface area (Å²) < 4.78 is 4.90. The van der Waals surface area contributed by atoms with E-state index in [1.165, 1.54) is 5.01 Å². The van der Waals surface area contributed by atoms with Crippen molar-refractivity contribution in [1.29, 1.82) is 0 Å². The number of carbonyl (C=O) groups is 3. The molecule has 0 atom stereocenters. The number of hydrazone groups is 1. The fourth-order valence-electron chi connectivity index (χ4n) is 2.13. The molecule has 2 heterocycles. The first-order chi connectivity index (χ1) is 10.6. The SMILES string of the molecule is CCOC(=O)C1=NN(c2ccccc2)C2=NC(=O)CC(=O)N12. The molecule has 0 saturated carbocycles. The van der Waals surface area contributed by atoms with Crippen molar-refractivity contribution in [2.45, 2.75) is 13.3 Å². The molecule has 1 aromatic carbocycles. The number of hydrogen-bond acceptors (Lipinski definition) is 6. The van der Waals surface area contributed by atoms with Crippen LogP contribution < -0.4 is 5.01 Å². The van der Waals surface area contributed by atoms with Crippen molar-refractivity contribution >= 4 is 35.3 Å². The Balaban J connectivity index is 2.07. The number of hydrogen-bond donors (Lipinski definition) is 0. The summed E-state index contributed by atoms with van der Waals surface area (Å²) in [6, 6.07) is 8.80. The lowest BCUT2D eigenvalue weighted by molar-refractivity contribution is -0.138. The average molecular weight is 300 g/mol. The first kappa shape index (κ1) is 13.9. The molecule has 3 rings (SSSR count). The van der Waals surface area contributed by atoms with E-state index in [9.17, 15) is 14.4 Å². The van der Waals surface area contributed by atoms with Gasteiger partial charge in [-0.2, -0.15) is 10.0 Å². The smallest absolute Gasteiger partial charge is 0.376 e. The van der Waals surface area contributed by atoms with Crippen molar-refractivity contribution < 1.29 is 19.1 Å². The normalized spacial score (nSPS) is 17.1. The molecule has 0 fully saturated rings. The number of amides is 2. The van der Waals surface area contributed by atoms with Gasteiger partial charge >= 0.3 is 5.97 Å². The maximum Gasteiger partial charge on any atom is 0.376 e. The molecule has 0 aliphatic carbocycles. The Kier molecular flexibility index (Phi) is 3.42. The van der Waals surface area contributed by atoms with E-state index in [0.717, 1.165) is 4.90 Å². The molecule has 22 heavy (non-hydrogen) atoms. The van der Waals surface area contributed by atoms with E-state index in [4.69, 9.17) is 4.74 Å². The maximum atomic E-state index is 12.1. The van der Waals surface area contributed by atoms with Gasteiger partial charge in [0, 0.05) is 0 Å². The van der Waals surface area contributed by atoms with Crippen LogP contribution in [0.2, 0.25) is 0 Å². The highest BCUT2D eigenvalue weighted by atomic mass is 16.5. The summed E-state index contributed by atoms with van der Waals surface area (Å²) in [6.07, 6.45) is -0.398. The Morgan fingerprint density at radius 1 is 1.27 bits per heavy atom. The zero-order valence-electron chi connectivity index (χ0n) is 11.7. The summed E-state index contributed by atoms with van der Waals surface area (Å²) in [4.78, 5) is 40.5. The number of rotatable bonds is 3. The van der Waals surface area contributed by atoms with Crippen LogP contribution in [0, 0.1) is 0 Å². The number of carbonyl (C=O) groups excluding carboxylic acids is 3. The number of anilines is 1. The fraction of sp³-hybridized carbons (Fsp3) is 0.214. The van der Waals surface area contributed by atoms with E-state index in [-0.39, 0.29) is 18.4 Å².